The van der Waals surface area contributed by atoms with Gasteiger partial charge in [-0.25, -0.2) is 17.2 Å². The Bertz CT molecular complexity index is 871. The standard InChI is InChI=1S/C19H22F2N2O3S/c1-27(25,26)23(13-11-15-6-8-17(20)9-7-15)14-19(24)22-12-10-16-4-2-3-5-18(16)21/h2-9H,10-14H2,1H3,(H,22,24). The lowest BCUT2D eigenvalue weighted by atomic mass is 10.1. The number of nitrogens with zero attached hydrogens (tertiary/aromatic N) is 1. The zero-order chi connectivity index (χ0) is 19.9. The number of hydrogen-bond donors (Lipinski definition) is 1. The van der Waals surface area contributed by atoms with Crippen LogP contribution < -0.4 is 5.32 Å². The molecule has 0 saturated carbocycles. The zero-order valence-corrected chi connectivity index (χ0v) is 15.8. The van der Waals surface area contributed by atoms with Crippen LogP contribution in [0.4, 0.5) is 8.78 Å². The molecule has 2 rings (SSSR count). The number of rotatable bonds is 9. The van der Waals surface area contributed by atoms with Gasteiger partial charge < -0.3 is 5.32 Å². The second-order valence-corrected chi connectivity index (χ2v) is 8.15. The number of benzene rings is 2. The van der Waals surface area contributed by atoms with Crippen LogP contribution in [0.3, 0.4) is 0 Å². The van der Waals surface area contributed by atoms with Gasteiger partial charge in [-0.3, -0.25) is 4.79 Å². The fourth-order valence-corrected chi connectivity index (χ4v) is 3.30. The Hall–Kier alpha value is -2.32. The number of carbonyl (C=O) groups excluding carboxylic acids is 1. The van der Waals surface area contributed by atoms with Gasteiger partial charge in [-0.2, -0.15) is 4.31 Å². The highest BCUT2D eigenvalue weighted by Gasteiger charge is 2.19. The van der Waals surface area contributed by atoms with Crippen molar-refractivity contribution < 1.29 is 22.0 Å². The van der Waals surface area contributed by atoms with E-state index < -0.39 is 15.9 Å². The maximum absolute atomic E-state index is 13.5. The fraction of sp³-hybridized carbons (Fsp3) is 0.316. The normalized spacial score (nSPS) is 11.6. The molecule has 1 N–H and O–H groups in total. The number of carbonyl (C=O) groups is 1. The first-order chi connectivity index (χ1) is 12.8. The number of halogens is 2. The van der Waals surface area contributed by atoms with E-state index in [1.807, 2.05) is 0 Å². The van der Waals surface area contributed by atoms with E-state index in [1.165, 1.54) is 18.2 Å². The Balaban J connectivity index is 1.86. The molecule has 27 heavy (non-hydrogen) atoms. The summed E-state index contributed by atoms with van der Waals surface area (Å²) in [4.78, 5) is 12.1. The molecular formula is C19H22F2N2O3S. The Kier molecular flexibility index (Phi) is 7.44. The zero-order valence-electron chi connectivity index (χ0n) is 15.0. The SMILES string of the molecule is CS(=O)(=O)N(CCc1ccc(F)cc1)CC(=O)NCCc1ccccc1F. The van der Waals surface area contributed by atoms with Crippen LogP contribution >= 0.6 is 0 Å². The van der Waals surface area contributed by atoms with Crippen molar-refractivity contribution in [3.63, 3.8) is 0 Å². The molecule has 1 amide bonds. The van der Waals surface area contributed by atoms with Gasteiger partial charge in [0.1, 0.15) is 11.6 Å². The van der Waals surface area contributed by atoms with E-state index in [1.54, 1.807) is 30.3 Å². The van der Waals surface area contributed by atoms with Crippen LogP contribution in [-0.2, 0) is 27.7 Å². The van der Waals surface area contributed by atoms with Gasteiger partial charge in [0.05, 0.1) is 12.8 Å². The van der Waals surface area contributed by atoms with Gasteiger partial charge >= 0.3 is 0 Å². The quantitative estimate of drug-likeness (QED) is 0.706. The van der Waals surface area contributed by atoms with Gasteiger partial charge in [0.15, 0.2) is 0 Å². The highest BCUT2D eigenvalue weighted by atomic mass is 32.2. The Labute approximate surface area is 158 Å². The minimum atomic E-state index is -3.58. The van der Waals surface area contributed by atoms with Crippen LogP contribution in [0.5, 0.6) is 0 Å². The lowest BCUT2D eigenvalue weighted by molar-refractivity contribution is -0.121. The molecule has 0 heterocycles. The van der Waals surface area contributed by atoms with Crippen molar-refractivity contribution in [3.05, 3.63) is 71.3 Å². The highest BCUT2D eigenvalue weighted by Crippen LogP contribution is 2.08. The van der Waals surface area contributed by atoms with Gasteiger partial charge in [0.25, 0.3) is 0 Å². The van der Waals surface area contributed by atoms with Crippen LogP contribution in [0.1, 0.15) is 11.1 Å². The molecule has 146 valence electrons. The summed E-state index contributed by atoms with van der Waals surface area (Å²) >= 11 is 0. The molecular weight excluding hydrogens is 374 g/mol. The molecule has 0 aliphatic carbocycles. The van der Waals surface area contributed by atoms with Gasteiger partial charge in [-0.1, -0.05) is 30.3 Å². The minimum absolute atomic E-state index is 0.102. The average molecular weight is 396 g/mol. The van der Waals surface area contributed by atoms with Crippen molar-refractivity contribution in [2.45, 2.75) is 12.8 Å². The van der Waals surface area contributed by atoms with E-state index in [9.17, 15) is 22.0 Å². The summed E-state index contributed by atoms with van der Waals surface area (Å²) < 4.78 is 51.4. The summed E-state index contributed by atoms with van der Waals surface area (Å²) in [5.74, 6) is -1.17. The van der Waals surface area contributed by atoms with Gasteiger partial charge in [0, 0.05) is 13.1 Å². The average Bonchev–Trinajstić information content (AvgIpc) is 2.60. The predicted octanol–water partition coefficient (Wildman–Crippen LogP) is 2.13. The maximum Gasteiger partial charge on any atom is 0.235 e. The maximum atomic E-state index is 13.5. The molecule has 0 spiro atoms. The van der Waals surface area contributed by atoms with E-state index in [2.05, 4.69) is 5.32 Å². The number of hydrogen-bond acceptors (Lipinski definition) is 3. The molecule has 0 fully saturated rings. The van der Waals surface area contributed by atoms with Crippen LogP contribution in [0, 0.1) is 11.6 Å². The van der Waals surface area contributed by atoms with Gasteiger partial charge in [-0.05, 0) is 42.2 Å². The van der Waals surface area contributed by atoms with Crippen molar-refractivity contribution in [2.24, 2.45) is 0 Å². The molecule has 0 radical (unpaired) electrons. The summed E-state index contributed by atoms with van der Waals surface area (Å²) in [5.41, 5.74) is 1.25. The summed E-state index contributed by atoms with van der Waals surface area (Å²) in [6.45, 7) is -0.0160. The van der Waals surface area contributed by atoms with Crippen LogP contribution in [0.25, 0.3) is 0 Å². The number of nitrogens with one attached hydrogen (secondary N) is 1. The molecule has 0 aliphatic heterocycles. The number of sulfonamides is 1. The van der Waals surface area contributed by atoms with Crippen molar-refractivity contribution in [3.8, 4) is 0 Å². The molecule has 5 nitrogen and oxygen atoms in total. The topological polar surface area (TPSA) is 66.5 Å². The van der Waals surface area contributed by atoms with Gasteiger partial charge in [-0.15, -0.1) is 0 Å². The highest BCUT2D eigenvalue weighted by molar-refractivity contribution is 7.88. The van der Waals surface area contributed by atoms with Crippen LogP contribution in [-0.4, -0.2) is 44.5 Å². The Morgan fingerprint density at radius 1 is 1.04 bits per heavy atom. The van der Waals surface area contributed by atoms with E-state index in [-0.39, 0.29) is 31.3 Å². The molecule has 0 aromatic heterocycles. The first kappa shape index (κ1) is 21.0. The minimum Gasteiger partial charge on any atom is -0.355 e. The van der Waals surface area contributed by atoms with E-state index in [0.717, 1.165) is 16.1 Å². The second kappa shape index (κ2) is 9.57. The first-order valence-corrected chi connectivity index (χ1v) is 10.3. The summed E-state index contributed by atoms with van der Waals surface area (Å²) in [5, 5.41) is 2.61. The summed E-state index contributed by atoms with van der Waals surface area (Å²) in [6, 6.07) is 12.0. The van der Waals surface area contributed by atoms with E-state index in [4.69, 9.17) is 0 Å². The second-order valence-electron chi connectivity index (χ2n) is 6.16. The van der Waals surface area contributed by atoms with Crippen molar-refractivity contribution in [1.29, 1.82) is 0 Å². The third-order valence-corrected chi connectivity index (χ3v) is 5.28. The smallest absolute Gasteiger partial charge is 0.235 e. The van der Waals surface area contributed by atoms with Crippen LogP contribution in [0.15, 0.2) is 48.5 Å². The van der Waals surface area contributed by atoms with Crippen molar-refractivity contribution in [1.82, 2.24) is 9.62 Å². The molecule has 0 saturated heterocycles. The van der Waals surface area contributed by atoms with Gasteiger partial charge in [0.2, 0.25) is 15.9 Å². The first-order valence-electron chi connectivity index (χ1n) is 8.45. The number of amides is 1. The lowest BCUT2D eigenvalue weighted by Crippen LogP contribution is -2.41. The molecule has 0 atom stereocenters. The van der Waals surface area contributed by atoms with Crippen molar-refractivity contribution >= 4 is 15.9 Å². The third-order valence-electron chi connectivity index (χ3n) is 4.03. The summed E-state index contributed by atoms with van der Waals surface area (Å²) in [7, 11) is -3.58. The Morgan fingerprint density at radius 3 is 2.33 bits per heavy atom. The molecule has 0 bridgehead atoms. The molecule has 2 aromatic carbocycles. The fourth-order valence-electron chi connectivity index (χ4n) is 2.52. The van der Waals surface area contributed by atoms with Crippen LogP contribution in [0.2, 0.25) is 0 Å². The molecule has 2 aromatic rings. The van der Waals surface area contributed by atoms with E-state index >= 15 is 0 Å². The molecule has 0 unspecified atom stereocenters. The molecule has 8 heteroatoms. The third kappa shape index (κ3) is 7.07. The monoisotopic (exact) mass is 396 g/mol. The predicted molar refractivity (Wildman–Crippen MR) is 99.6 cm³/mol. The summed E-state index contributed by atoms with van der Waals surface area (Å²) in [6.07, 6.45) is 1.70. The largest absolute Gasteiger partial charge is 0.355 e. The Morgan fingerprint density at radius 2 is 1.70 bits per heavy atom. The molecule has 0 aliphatic rings. The van der Waals surface area contributed by atoms with Crippen molar-refractivity contribution in [2.75, 3.05) is 25.9 Å². The van der Waals surface area contributed by atoms with E-state index in [0.29, 0.717) is 18.4 Å². The lowest BCUT2D eigenvalue weighted by Gasteiger charge is -2.19.